The first-order chi connectivity index (χ1) is 37.8. The summed E-state index contributed by atoms with van der Waals surface area (Å²) in [6, 6.07) is 80.2. The molecule has 0 spiro atoms. The first-order valence-electron chi connectivity index (χ1n) is 27.3. The van der Waals surface area contributed by atoms with E-state index in [1.54, 1.807) is 0 Å². The van der Waals surface area contributed by atoms with E-state index in [4.69, 9.17) is 8.83 Å². The molecular weight excluding hydrogens is 949 g/mol. The number of anilines is 6. The van der Waals surface area contributed by atoms with Crippen molar-refractivity contribution < 1.29 is 8.83 Å². The molecule has 14 rings (SSSR count). The van der Waals surface area contributed by atoms with Crippen LogP contribution in [0, 0.1) is 13.8 Å². The minimum absolute atomic E-state index is 0.0124. The molecule has 0 radical (unpaired) electrons. The van der Waals surface area contributed by atoms with Crippen molar-refractivity contribution in [2.75, 3.05) is 9.80 Å². The predicted octanol–water partition coefficient (Wildman–Crippen LogP) is 21.9. The van der Waals surface area contributed by atoms with Crippen LogP contribution in [0.15, 0.2) is 227 Å². The number of hydrogen-bond donors (Lipinski definition) is 0. The van der Waals surface area contributed by atoms with Crippen LogP contribution >= 0.6 is 0 Å². The van der Waals surface area contributed by atoms with Crippen LogP contribution in [0.3, 0.4) is 0 Å². The Kier molecular flexibility index (Phi) is 10.8. The number of rotatable bonds is 8. The molecule has 378 valence electrons. The molecule has 0 saturated heterocycles. The van der Waals surface area contributed by atoms with Crippen LogP contribution in [0.1, 0.15) is 63.8 Å². The highest BCUT2D eigenvalue weighted by molar-refractivity contribution is 6.29. The number of benzene rings is 12. The standard InChI is InChI=1S/C74H60N2O2/c1-45-17-9-11-19-53(45)55-21-13-23-57-59-25-15-27-65(71(59)77-69(55)57)75(51-37-33-49(34-38-51)73(3,4)5)63-43-31-47-30-42-62-64(44-32-48-29-41-61(63)67(47)68(48)62)76(52-39-35-50(36-40-52)74(6,7)8)66-28-16-26-60-58-24-14-22-56(70(58)78-72(60)66)54-20-12-10-18-46(54)2/h9-44H,1-8H3. The van der Waals surface area contributed by atoms with E-state index in [1.807, 2.05) is 0 Å². The fraction of sp³-hybridized carbons (Fsp3) is 0.135. The third-order valence-corrected chi connectivity index (χ3v) is 16.4. The summed E-state index contributed by atoms with van der Waals surface area (Å²) in [7, 11) is 0. The highest BCUT2D eigenvalue weighted by atomic mass is 16.3. The largest absolute Gasteiger partial charge is 0.453 e. The van der Waals surface area contributed by atoms with E-state index in [2.05, 4.69) is 284 Å². The summed E-state index contributed by atoms with van der Waals surface area (Å²) >= 11 is 0. The van der Waals surface area contributed by atoms with Gasteiger partial charge in [0, 0.05) is 54.8 Å². The maximum atomic E-state index is 7.23. The number of para-hydroxylation sites is 4. The molecule has 0 fully saturated rings. The van der Waals surface area contributed by atoms with Crippen molar-refractivity contribution in [1.29, 1.82) is 0 Å². The lowest BCUT2D eigenvalue weighted by atomic mass is 9.87. The summed E-state index contributed by atoms with van der Waals surface area (Å²) in [5.74, 6) is 0. The van der Waals surface area contributed by atoms with Crippen molar-refractivity contribution in [3.05, 3.63) is 241 Å². The molecule has 0 amide bonds. The van der Waals surface area contributed by atoms with Gasteiger partial charge in [-0.3, -0.25) is 0 Å². The van der Waals surface area contributed by atoms with Gasteiger partial charge >= 0.3 is 0 Å². The summed E-state index contributed by atoms with van der Waals surface area (Å²) in [6.07, 6.45) is 0. The highest BCUT2D eigenvalue weighted by Gasteiger charge is 2.28. The summed E-state index contributed by atoms with van der Waals surface area (Å²) in [4.78, 5) is 4.85. The predicted molar refractivity (Wildman–Crippen MR) is 332 cm³/mol. The van der Waals surface area contributed by atoms with Crippen LogP contribution in [-0.2, 0) is 10.8 Å². The molecule has 78 heavy (non-hydrogen) atoms. The van der Waals surface area contributed by atoms with Gasteiger partial charge in [-0.05, 0) is 128 Å². The number of furan rings is 2. The summed E-state index contributed by atoms with van der Waals surface area (Å²) in [5.41, 5.74) is 19.2. The van der Waals surface area contributed by atoms with Crippen molar-refractivity contribution in [2.45, 2.75) is 66.2 Å². The first-order valence-corrected chi connectivity index (χ1v) is 27.3. The Morgan fingerprint density at radius 3 is 1.01 bits per heavy atom. The fourth-order valence-corrected chi connectivity index (χ4v) is 12.3. The monoisotopic (exact) mass is 1010 g/mol. The van der Waals surface area contributed by atoms with Gasteiger partial charge in [0.1, 0.15) is 11.2 Å². The maximum Gasteiger partial charge on any atom is 0.159 e. The molecule has 4 nitrogen and oxygen atoms in total. The van der Waals surface area contributed by atoms with E-state index in [-0.39, 0.29) is 10.8 Å². The van der Waals surface area contributed by atoms with Gasteiger partial charge in [-0.1, -0.05) is 211 Å². The second-order valence-corrected chi connectivity index (χ2v) is 23.4. The molecular formula is C74H60N2O2. The Labute approximate surface area is 455 Å². The van der Waals surface area contributed by atoms with Gasteiger partial charge in [0.05, 0.1) is 22.7 Å². The van der Waals surface area contributed by atoms with E-state index >= 15 is 0 Å². The molecule has 0 aliphatic rings. The van der Waals surface area contributed by atoms with Crippen molar-refractivity contribution in [1.82, 2.24) is 0 Å². The Hall–Kier alpha value is -9.12. The van der Waals surface area contributed by atoms with Gasteiger partial charge < -0.3 is 18.6 Å². The third-order valence-electron chi connectivity index (χ3n) is 16.4. The molecule has 4 heteroatoms. The number of aryl methyl sites for hydroxylation is 2. The summed E-state index contributed by atoms with van der Waals surface area (Å²) in [5, 5.41) is 11.5. The van der Waals surface area contributed by atoms with E-state index in [9.17, 15) is 0 Å². The first kappa shape index (κ1) is 47.3. The van der Waals surface area contributed by atoms with Crippen molar-refractivity contribution in [2.24, 2.45) is 0 Å². The zero-order valence-electron chi connectivity index (χ0n) is 45.5. The Morgan fingerprint density at radius 1 is 0.282 bits per heavy atom. The molecule has 0 N–H and O–H groups in total. The zero-order valence-corrected chi connectivity index (χ0v) is 45.5. The van der Waals surface area contributed by atoms with Crippen molar-refractivity contribution >= 4 is 110 Å². The van der Waals surface area contributed by atoms with Gasteiger partial charge in [-0.25, -0.2) is 0 Å². The van der Waals surface area contributed by atoms with E-state index < -0.39 is 0 Å². The molecule has 2 heterocycles. The minimum atomic E-state index is -0.0124. The van der Waals surface area contributed by atoms with Crippen molar-refractivity contribution in [3.63, 3.8) is 0 Å². The molecule has 0 atom stereocenters. The van der Waals surface area contributed by atoms with Crippen LogP contribution in [0.5, 0.6) is 0 Å². The molecule has 0 unspecified atom stereocenters. The normalized spacial score (nSPS) is 12.4. The molecule has 0 saturated carbocycles. The highest BCUT2D eigenvalue weighted by Crippen LogP contribution is 2.52. The lowest BCUT2D eigenvalue weighted by Gasteiger charge is -2.30. The van der Waals surface area contributed by atoms with E-state index in [1.165, 1.54) is 54.9 Å². The second-order valence-electron chi connectivity index (χ2n) is 23.4. The average Bonchev–Trinajstić information content (AvgIpc) is 4.17. The minimum Gasteiger partial charge on any atom is -0.453 e. The van der Waals surface area contributed by atoms with Crippen LogP contribution in [0.25, 0.3) is 98.4 Å². The summed E-state index contributed by atoms with van der Waals surface area (Å²) in [6.45, 7) is 18.0. The van der Waals surface area contributed by atoms with Crippen LogP contribution < -0.4 is 9.80 Å². The second kappa shape index (κ2) is 17.7. The maximum absolute atomic E-state index is 7.23. The smallest absolute Gasteiger partial charge is 0.159 e. The van der Waals surface area contributed by atoms with Gasteiger partial charge in [0.15, 0.2) is 11.2 Å². The van der Waals surface area contributed by atoms with Gasteiger partial charge in [0.2, 0.25) is 0 Å². The molecule has 12 aromatic carbocycles. The Bertz CT molecular complexity index is 4360. The zero-order chi connectivity index (χ0) is 53.2. The van der Waals surface area contributed by atoms with Gasteiger partial charge in [-0.15, -0.1) is 0 Å². The number of nitrogens with zero attached hydrogens (tertiary/aromatic N) is 2. The average molecular weight is 1010 g/mol. The summed E-state index contributed by atoms with van der Waals surface area (Å²) < 4.78 is 14.5. The van der Waals surface area contributed by atoms with E-state index in [0.29, 0.717) is 0 Å². The quantitative estimate of drug-likeness (QED) is 0.142. The number of fused-ring (bicyclic) bond motifs is 6. The fourth-order valence-electron chi connectivity index (χ4n) is 12.3. The topological polar surface area (TPSA) is 32.8 Å². The van der Waals surface area contributed by atoms with Crippen LogP contribution in [-0.4, -0.2) is 0 Å². The molecule has 0 aliphatic carbocycles. The SMILES string of the molecule is Cc1ccccc1-c1cccc2c1oc1c(N(c3ccc(C(C)(C)C)cc3)c3ccc4ccc5c(N(c6ccc(C(C)(C)C)cc6)c6cccc7c6oc6c(-c8ccccc8C)cccc67)ccc6ccc3c4c65)cccc12. The molecule has 0 aliphatic heterocycles. The lowest BCUT2D eigenvalue weighted by Crippen LogP contribution is -2.14. The Morgan fingerprint density at radius 2 is 0.628 bits per heavy atom. The van der Waals surface area contributed by atoms with Crippen LogP contribution in [0.2, 0.25) is 0 Å². The molecule has 2 aromatic heterocycles. The van der Waals surface area contributed by atoms with Gasteiger partial charge in [0.25, 0.3) is 0 Å². The van der Waals surface area contributed by atoms with Gasteiger partial charge in [-0.2, -0.15) is 0 Å². The van der Waals surface area contributed by atoms with Crippen LogP contribution in [0.4, 0.5) is 34.1 Å². The number of hydrogen-bond acceptors (Lipinski definition) is 4. The molecule has 0 bridgehead atoms. The Balaban J connectivity index is 1.01. The lowest BCUT2D eigenvalue weighted by molar-refractivity contribution is 0.590. The van der Waals surface area contributed by atoms with E-state index in [0.717, 1.165) is 99.9 Å². The van der Waals surface area contributed by atoms with Crippen molar-refractivity contribution in [3.8, 4) is 22.3 Å². The third kappa shape index (κ3) is 7.49. The molecule has 14 aromatic rings.